The van der Waals surface area contributed by atoms with Crippen molar-refractivity contribution in [1.82, 2.24) is 9.13 Å². The maximum atomic E-state index is 2.48. The Bertz CT molecular complexity index is 3500. The lowest BCUT2D eigenvalue weighted by molar-refractivity contribution is 1.18. The zero-order valence-corrected chi connectivity index (χ0v) is 34.4. The van der Waals surface area contributed by atoms with Gasteiger partial charge in [-0.15, -0.1) is 0 Å². The van der Waals surface area contributed by atoms with E-state index in [2.05, 4.69) is 245 Å². The first kappa shape index (κ1) is 36.9. The van der Waals surface area contributed by atoms with Crippen molar-refractivity contribution in [2.45, 2.75) is 6.92 Å². The molecule has 0 amide bonds. The van der Waals surface area contributed by atoms with Gasteiger partial charge in [-0.2, -0.15) is 0 Å². The molecule has 0 saturated heterocycles. The van der Waals surface area contributed by atoms with E-state index < -0.39 is 0 Å². The SMILES string of the molecule is Cc1ccccc1.c1ccc(-c2ccc(N(c3ccccc3)c3ccc4ccc(-n5c6ccccc6c6ccc7c(c8ccccc8n7-c7ccccc7)c65)cc4c3)cc2)cc1. The van der Waals surface area contributed by atoms with Crippen molar-refractivity contribution in [3.05, 3.63) is 248 Å². The average Bonchev–Trinajstić information content (AvgIpc) is 3.86. The van der Waals surface area contributed by atoms with Gasteiger partial charge in [-0.3, -0.25) is 0 Å². The molecule has 0 saturated carbocycles. The van der Waals surface area contributed by atoms with Crippen molar-refractivity contribution in [1.29, 1.82) is 0 Å². The first-order chi connectivity index (χ1) is 30.7. The standard InChI is InChI=1S/C52H35N3.C7H8/c1-4-14-36(15-5-1)37-24-28-42(29-25-37)53(40-16-6-2-7-17-40)43-30-26-38-27-31-44(35-39(38)34-43)55-48-22-12-10-20-45(48)46-32-33-50-51(52(46)55)47-21-11-13-23-49(47)54(50)41-18-8-3-9-19-41;1-7-5-3-2-4-6-7/h1-35H;2-6H,1H3. The van der Waals surface area contributed by atoms with E-state index in [1.807, 2.05) is 18.2 Å². The fourth-order valence-electron chi connectivity index (χ4n) is 9.12. The molecule has 10 aromatic carbocycles. The number of hydrogen-bond donors (Lipinski definition) is 0. The molecule has 294 valence electrons. The van der Waals surface area contributed by atoms with Gasteiger partial charge >= 0.3 is 0 Å². The summed E-state index contributed by atoms with van der Waals surface area (Å²) in [5.41, 5.74) is 14.2. The molecule has 62 heavy (non-hydrogen) atoms. The molecule has 0 bridgehead atoms. The number of aryl methyl sites for hydroxylation is 1. The number of hydrogen-bond acceptors (Lipinski definition) is 1. The molecule has 3 nitrogen and oxygen atoms in total. The Morgan fingerprint density at radius 3 is 1.56 bits per heavy atom. The van der Waals surface area contributed by atoms with Crippen LogP contribution < -0.4 is 4.90 Å². The largest absolute Gasteiger partial charge is 0.310 e. The third-order valence-corrected chi connectivity index (χ3v) is 12.0. The monoisotopic (exact) mass is 793 g/mol. The van der Waals surface area contributed by atoms with Gasteiger partial charge in [0.05, 0.1) is 22.1 Å². The van der Waals surface area contributed by atoms with Crippen molar-refractivity contribution in [2.75, 3.05) is 4.90 Å². The summed E-state index contributed by atoms with van der Waals surface area (Å²) in [6.07, 6.45) is 0. The van der Waals surface area contributed by atoms with E-state index in [1.165, 1.54) is 71.1 Å². The predicted molar refractivity (Wildman–Crippen MR) is 264 cm³/mol. The Hall–Kier alpha value is -8.14. The highest BCUT2D eigenvalue weighted by Gasteiger charge is 2.21. The normalized spacial score (nSPS) is 11.3. The molecular formula is C59H43N3. The minimum absolute atomic E-state index is 1.11. The van der Waals surface area contributed by atoms with Crippen LogP contribution in [0.4, 0.5) is 17.1 Å². The Balaban J connectivity index is 0.000000565. The molecule has 0 aliphatic carbocycles. The summed E-state index contributed by atoms with van der Waals surface area (Å²) in [7, 11) is 0. The highest BCUT2D eigenvalue weighted by Crippen LogP contribution is 2.43. The van der Waals surface area contributed by atoms with E-state index in [9.17, 15) is 0 Å². The first-order valence-corrected chi connectivity index (χ1v) is 21.3. The minimum Gasteiger partial charge on any atom is -0.310 e. The van der Waals surface area contributed by atoms with Gasteiger partial charge in [0.25, 0.3) is 0 Å². The number of aromatic nitrogens is 2. The van der Waals surface area contributed by atoms with E-state index in [0.29, 0.717) is 0 Å². The number of benzene rings is 10. The van der Waals surface area contributed by atoms with Crippen LogP contribution in [-0.4, -0.2) is 9.13 Å². The van der Waals surface area contributed by atoms with Gasteiger partial charge < -0.3 is 14.0 Å². The molecule has 0 radical (unpaired) electrons. The highest BCUT2D eigenvalue weighted by atomic mass is 15.1. The maximum Gasteiger partial charge on any atom is 0.0641 e. The van der Waals surface area contributed by atoms with Crippen molar-refractivity contribution in [2.24, 2.45) is 0 Å². The smallest absolute Gasteiger partial charge is 0.0641 e. The Morgan fingerprint density at radius 2 is 0.871 bits per heavy atom. The van der Waals surface area contributed by atoms with E-state index in [1.54, 1.807) is 0 Å². The summed E-state index contributed by atoms with van der Waals surface area (Å²) < 4.78 is 4.89. The quantitative estimate of drug-likeness (QED) is 0.163. The molecule has 2 heterocycles. The van der Waals surface area contributed by atoms with Gasteiger partial charge in [-0.25, -0.2) is 0 Å². The van der Waals surface area contributed by atoms with Crippen molar-refractivity contribution < 1.29 is 0 Å². The third-order valence-electron chi connectivity index (χ3n) is 12.0. The molecule has 0 fully saturated rings. The Morgan fingerprint density at radius 1 is 0.323 bits per heavy atom. The fourth-order valence-corrected chi connectivity index (χ4v) is 9.12. The van der Waals surface area contributed by atoms with Crippen molar-refractivity contribution in [3.63, 3.8) is 0 Å². The molecule has 3 heteroatoms. The molecular weight excluding hydrogens is 751 g/mol. The second-order valence-corrected chi connectivity index (χ2v) is 15.9. The number of fused-ring (bicyclic) bond motifs is 8. The molecule has 12 rings (SSSR count). The lowest BCUT2D eigenvalue weighted by atomic mass is 10.0. The molecule has 2 aromatic heterocycles. The van der Waals surface area contributed by atoms with E-state index in [-0.39, 0.29) is 0 Å². The summed E-state index contributed by atoms with van der Waals surface area (Å²) in [6, 6.07) is 87.1. The number of rotatable bonds is 6. The highest BCUT2D eigenvalue weighted by molar-refractivity contribution is 6.26. The zero-order valence-electron chi connectivity index (χ0n) is 34.4. The summed E-state index contributed by atoms with van der Waals surface area (Å²) >= 11 is 0. The summed E-state index contributed by atoms with van der Waals surface area (Å²) in [5, 5.41) is 7.39. The molecule has 0 spiro atoms. The first-order valence-electron chi connectivity index (χ1n) is 21.3. The second-order valence-electron chi connectivity index (χ2n) is 15.9. The fraction of sp³-hybridized carbons (Fsp3) is 0.0169. The topological polar surface area (TPSA) is 13.1 Å². The second kappa shape index (κ2) is 15.8. The lowest BCUT2D eigenvalue weighted by Gasteiger charge is -2.26. The van der Waals surface area contributed by atoms with Gasteiger partial charge in [0.1, 0.15) is 0 Å². The number of para-hydroxylation sites is 4. The molecule has 0 aliphatic rings. The van der Waals surface area contributed by atoms with Crippen LogP contribution in [0, 0.1) is 6.92 Å². The molecule has 0 atom stereocenters. The van der Waals surface area contributed by atoms with Crippen molar-refractivity contribution in [3.8, 4) is 22.5 Å². The Labute approximate surface area is 361 Å². The average molecular weight is 794 g/mol. The molecule has 0 N–H and O–H groups in total. The van der Waals surface area contributed by atoms with Crippen LogP contribution in [0.2, 0.25) is 0 Å². The van der Waals surface area contributed by atoms with Crippen LogP contribution in [0.3, 0.4) is 0 Å². The van der Waals surface area contributed by atoms with E-state index >= 15 is 0 Å². The molecule has 12 aromatic rings. The van der Waals surface area contributed by atoms with Crippen LogP contribution >= 0.6 is 0 Å². The van der Waals surface area contributed by atoms with Crippen LogP contribution in [0.5, 0.6) is 0 Å². The zero-order chi connectivity index (χ0) is 41.4. The summed E-state index contributed by atoms with van der Waals surface area (Å²) in [4.78, 5) is 2.35. The predicted octanol–water partition coefficient (Wildman–Crippen LogP) is 16.2. The molecule has 0 aliphatic heterocycles. The van der Waals surface area contributed by atoms with Gasteiger partial charge in [0.2, 0.25) is 0 Å². The van der Waals surface area contributed by atoms with Gasteiger partial charge in [0.15, 0.2) is 0 Å². The maximum absolute atomic E-state index is 2.48. The van der Waals surface area contributed by atoms with Crippen LogP contribution in [0.1, 0.15) is 5.56 Å². The van der Waals surface area contributed by atoms with Gasteiger partial charge in [0, 0.05) is 50.0 Å². The van der Waals surface area contributed by atoms with Crippen molar-refractivity contribution >= 4 is 71.4 Å². The summed E-state index contributed by atoms with van der Waals surface area (Å²) in [5.74, 6) is 0. The van der Waals surface area contributed by atoms with Gasteiger partial charge in [-0.05, 0) is 108 Å². The van der Waals surface area contributed by atoms with E-state index in [0.717, 1.165) is 28.4 Å². The third kappa shape index (κ3) is 6.57. The molecule has 0 unspecified atom stereocenters. The lowest BCUT2D eigenvalue weighted by Crippen LogP contribution is -2.09. The Kier molecular flexibility index (Phi) is 9.40. The van der Waals surface area contributed by atoms with Gasteiger partial charge in [-0.1, -0.05) is 169 Å². The number of nitrogens with zero attached hydrogens (tertiary/aromatic N) is 3. The summed E-state index contributed by atoms with van der Waals surface area (Å²) in [6.45, 7) is 2.08. The minimum atomic E-state index is 1.11. The van der Waals surface area contributed by atoms with Crippen LogP contribution in [0.15, 0.2) is 243 Å². The number of anilines is 3. The van der Waals surface area contributed by atoms with Crippen LogP contribution in [0.25, 0.3) is 76.9 Å². The van der Waals surface area contributed by atoms with Crippen LogP contribution in [-0.2, 0) is 0 Å². The van der Waals surface area contributed by atoms with E-state index in [4.69, 9.17) is 0 Å².